The summed E-state index contributed by atoms with van der Waals surface area (Å²) in [6.45, 7) is 6.20. The second-order valence-corrected chi connectivity index (χ2v) is 6.13. The third-order valence-electron chi connectivity index (χ3n) is 2.94. The minimum Gasteiger partial charge on any atom is -0.480 e. The highest BCUT2D eigenvalue weighted by molar-refractivity contribution is 7.85. The number of carboxylic acids is 1. The van der Waals surface area contributed by atoms with Gasteiger partial charge in [0.2, 0.25) is 0 Å². The van der Waals surface area contributed by atoms with E-state index in [9.17, 15) is 9.00 Å². The molecule has 0 bridgehead atoms. The Labute approximate surface area is 120 Å². The first-order chi connectivity index (χ1) is 8.96. The van der Waals surface area contributed by atoms with Crippen LogP contribution in [0.25, 0.3) is 0 Å². The van der Waals surface area contributed by atoms with E-state index in [2.05, 4.69) is 5.10 Å². The summed E-state index contributed by atoms with van der Waals surface area (Å²) in [5.74, 6) is -0.903. The minimum atomic E-state index is -1.49. The molecular formula is C12H19ClN2O3S. The Hall–Kier alpha value is -0.880. The molecule has 0 aliphatic carbocycles. The number of halogens is 1. The number of aryl methyl sites for hydroxylation is 2. The monoisotopic (exact) mass is 306 g/mol. The summed E-state index contributed by atoms with van der Waals surface area (Å²) < 4.78 is 13.8. The van der Waals surface area contributed by atoms with E-state index in [1.807, 2.05) is 13.8 Å². The third kappa shape index (κ3) is 3.57. The largest absolute Gasteiger partial charge is 0.480 e. The molecule has 7 heteroatoms. The van der Waals surface area contributed by atoms with Gasteiger partial charge in [0, 0.05) is 17.3 Å². The molecule has 1 aromatic rings. The normalized spacial score (nSPS) is 14.3. The Morgan fingerprint density at radius 3 is 2.53 bits per heavy atom. The molecular weight excluding hydrogens is 288 g/mol. The van der Waals surface area contributed by atoms with E-state index in [0.29, 0.717) is 30.1 Å². The van der Waals surface area contributed by atoms with Gasteiger partial charge in [-0.1, -0.05) is 25.4 Å². The average molecular weight is 307 g/mol. The molecule has 2 unspecified atom stereocenters. The first-order valence-corrected chi connectivity index (χ1v) is 8.06. The fourth-order valence-corrected chi connectivity index (χ4v) is 3.64. The molecule has 1 rings (SSSR count). The smallest absolute Gasteiger partial charge is 0.319 e. The molecule has 5 nitrogen and oxygen atoms in total. The van der Waals surface area contributed by atoms with Crippen LogP contribution < -0.4 is 0 Å². The fourth-order valence-electron chi connectivity index (χ4n) is 1.86. The summed E-state index contributed by atoms with van der Waals surface area (Å²) in [5.41, 5.74) is 1.43. The topological polar surface area (TPSA) is 72.2 Å². The summed E-state index contributed by atoms with van der Waals surface area (Å²) in [7, 11) is -1.49. The summed E-state index contributed by atoms with van der Waals surface area (Å²) in [6, 6.07) is 0. The van der Waals surface area contributed by atoms with Crippen LogP contribution in [0.15, 0.2) is 0 Å². The van der Waals surface area contributed by atoms with Gasteiger partial charge in [0.15, 0.2) is 0 Å². The van der Waals surface area contributed by atoms with Crippen LogP contribution in [-0.4, -0.2) is 30.3 Å². The van der Waals surface area contributed by atoms with E-state index in [1.54, 1.807) is 11.6 Å². The number of carbonyl (C=O) groups is 1. The van der Waals surface area contributed by atoms with Crippen LogP contribution in [0, 0.1) is 0 Å². The van der Waals surface area contributed by atoms with Gasteiger partial charge in [-0.2, -0.15) is 5.10 Å². The fraction of sp³-hybridized carbons (Fsp3) is 0.667. The van der Waals surface area contributed by atoms with Gasteiger partial charge in [0.25, 0.3) is 0 Å². The van der Waals surface area contributed by atoms with E-state index >= 15 is 0 Å². The maximum Gasteiger partial charge on any atom is 0.319 e. The van der Waals surface area contributed by atoms with Gasteiger partial charge in [-0.25, -0.2) is 0 Å². The Kier molecular flexibility index (Phi) is 6.00. The van der Waals surface area contributed by atoms with E-state index in [-0.39, 0.29) is 5.75 Å². The molecule has 0 saturated heterocycles. The minimum absolute atomic E-state index is 0.129. The van der Waals surface area contributed by atoms with Crippen LogP contribution in [0.3, 0.4) is 0 Å². The molecule has 0 spiro atoms. The van der Waals surface area contributed by atoms with Crippen LogP contribution >= 0.6 is 11.6 Å². The first kappa shape index (κ1) is 16.2. The molecule has 0 amide bonds. The van der Waals surface area contributed by atoms with Crippen LogP contribution in [0.5, 0.6) is 0 Å². The maximum atomic E-state index is 12.1. The van der Waals surface area contributed by atoms with Crippen molar-refractivity contribution in [2.24, 2.45) is 0 Å². The van der Waals surface area contributed by atoms with E-state index in [4.69, 9.17) is 16.7 Å². The predicted octanol–water partition coefficient (Wildman–Crippen LogP) is 2.23. The number of carboxylic acid groups (broad SMARTS) is 1. The van der Waals surface area contributed by atoms with Gasteiger partial charge in [-0.05, 0) is 19.8 Å². The molecule has 1 N–H and O–H groups in total. The summed E-state index contributed by atoms with van der Waals surface area (Å²) in [6.07, 6.45) is 1.03. The molecule has 0 fully saturated rings. The quantitative estimate of drug-likeness (QED) is 0.838. The Morgan fingerprint density at radius 2 is 2.11 bits per heavy atom. The highest BCUT2D eigenvalue weighted by atomic mass is 35.5. The van der Waals surface area contributed by atoms with Gasteiger partial charge in [-0.15, -0.1) is 0 Å². The molecule has 0 aromatic carbocycles. The second-order valence-electron chi connectivity index (χ2n) is 4.14. The third-order valence-corrected chi connectivity index (χ3v) is 5.10. The van der Waals surface area contributed by atoms with Crippen molar-refractivity contribution in [1.82, 2.24) is 9.78 Å². The van der Waals surface area contributed by atoms with E-state index in [1.165, 1.54) is 0 Å². The molecule has 1 heterocycles. The predicted molar refractivity (Wildman–Crippen MR) is 75.9 cm³/mol. The van der Waals surface area contributed by atoms with Gasteiger partial charge < -0.3 is 5.11 Å². The van der Waals surface area contributed by atoms with Gasteiger partial charge in [-0.3, -0.25) is 13.7 Å². The lowest BCUT2D eigenvalue weighted by atomic mass is 10.3. The molecule has 19 heavy (non-hydrogen) atoms. The molecule has 0 radical (unpaired) electrons. The molecule has 0 aliphatic heterocycles. The highest BCUT2D eigenvalue weighted by Crippen LogP contribution is 2.24. The number of nitrogens with zero attached hydrogens (tertiary/aromatic N) is 2. The number of hydrogen-bond donors (Lipinski definition) is 1. The number of hydrogen-bond acceptors (Lipinski definition) is 3. The average Bonchev–Trinajstić information content (AvgIpc) is 2.66. The Balaban J connectivity index is 3.01. The molecule has 0 saturated carbocycles. The van der Waals surface area contributed by atoms with E-state index in [0.717, 1.165) is 5.69 Å². The summed E-state index contributed by atoms with van der Waals surface area (Å²) in [4.78, 5) is 11.0. The Morgan fingerprint density at radius 1 is 1.47 bits per heavy atom. The number of rotatable bonds is 7. The molecule has 108 valence electrons. The van der Waals surface area contributed by atoms with Crippen molar-refractivity contribution in [1.29, 1.82) is 0 Å². The lowest BCUT2D eigenvalue weighted by Crippen LogP contribution is -2.26. The molecule has 2 atom stereocenters. The van der Waals surface area contributed by atoms with Crippen molar-refractivity contribution in [3.8, 4) is 0 Å². The van der Waals surface area contributed by atoms with Crippen LogP contribution in [0.2, 0.25) is 5.02 Å². The van der Waals surface area contributed by atoms with Gasteiger partial charge >= 0.3 is 5.97 Å². The second kappa shape index (κ2) is 7.05. The lowest BCUT2D eigenvalue weighted by Gasteiger charge is -2.10. The Bertz CT molecular complexity index is 488. The van der Waals surface area contributed by atoms with Crippen LogP contribution in [0.4, 0.5) is 0 Å². The summed E-state index contributed by atoms with van der Waals surface area (Å²) >= 11 is 6.21. The van der Waals surface area contributed by atoms with Crippen LogP contribution in [-0.2, 0) is 34.3 Å². The summed E-state index contributed by atoms with van der Waals surface area (Å²) in [5, 5.41) is 13.0. The maximum absolute atomic E-state index is 12.1. The van der Waals surface area contributed by atoms with Crippen molar-refractivity contribution in [3.05, 3.63) is 16.4 Å². The highest BCUT2D eigenvalue weighted by Gasteiger charge is 2.25. The van der Waals surface area contributed by atoms with Crippen molar-refractivity contribution in [2.75, 3.05) is 0 Å². The van der Waals surface area contributed by atoms with Crippen molar-refractivity contribution < 1.29 is 14.1 Å². The van der Waals surface area contributed by atoms with Crippen molar-refractivity contribution in [2.45, 2.75) is 51.2 Å². The first-order valence-electron chi connectivity index (χ1n) is 6.30. The zero-order valence-corrected chi connectivity index (χ0v) is 12.9. The molecule has 1 aromatic heterocycles. The van der Waals surface area contributed by atoms with Crippen LogP contribution in [0.1, 0.15) is 38.6 Å². The van der Waals surface area contributed by atoms with Crippen molar-refractivity contribution in [3.63, 3.8) is 0 Å². The van der Waals surface area contributed by atoms with Gasteiger partial charge in [0.1, 0.15) is 5.25 Å². The van der Waals surface area contributed by atoms with Gasteiger partial charge in [0.05, 0.1) is 22.2 Å². The standard InChI is InChI=1S/C12H19ClN2O3S/c1-4-8-11(13)9(15(6-3)14-8)7-19(18)10(5-2)12(16)17/h10H,4-7H2,1-3H3,(H,16,17). The lowest BCUT2D eigenvalue weighted by molar-refractivity contribution is -0.136. The molecule has 0 aliphatic rings. The SMILES string of the molecule is CCc1nn(CC)c(CS(=O)C(CC)C(=O)O)c1Cl. The van der Waals surface area contributed by atoms with E-state index < -0.39 is 22.0 Å². The van der Waals surface area contributed by atoms with Crippen molar-refractivity contribution >= 4 is 28.4 Å². The zero-order valence-electron chi connectivity index (χ0n) is 11.4. The zero-order chi connectivity index (χ0) is 14.6. The number of aliphatic carboxylic acids is 1. The number of aromatic nitrogens is 2.